The van der Waals surface area contributed by atoms with Crippen LogP contribution in [-0.4, -0.2) is 24.4 Å². The van der Waals surface area contributed by atoms with E-state index in [9.17, 15) is 9.18 Å². The second-order valence-electron chi connectivity index (χ2n) is 5.58. The van der Waals surface area contributed by atoms with E-state index in [4.69, 9.17) is 0 Å². The number of hydrogen-bond donors (Lipinski definition) is 1. The quantitative estimate of drug-likeness (QED) is 0.916. The monoisotopic (exact) mass is 300 g/mol. The minimum atomic E-state index is -0.246. The van der Waals surface area contributed by atoms with Gasteiger partial charge in [0.25, 0.3) is 0 Å². The predicted molar refractivity (Wildman–Crippen MR) is 87.3 cm³/mol. The van der Waals surface area contributed by atoms with Crippen LogP contribution < -0.4 is 5.32 Å². The summed E-state index contributed by atoms with van der Waals surface area (Å²) < 4.78 is 13.6. The molecule has 0 saturated heterocycles. The number of nitrogens with one attached hydrogen (secondary N) is 1. The predicted octanol–water partition coefficient (Wildman–Crippen LogP) is 3.51. The van der Waals surface area contributed by atoms with Crippen molar-refractivity contribution in [3.05, 3.63) is 65.0 Å². The molecule has 116 valence electrons. The molecule has 0 unspecified atom stereocenters. The van der Waals surface area contributed by atoms with Crippen molar-refractivity contribution >= 4 is 11.6 Å². The molecule has 0 aliphatic rings. The maximum absolute atomic E-state index is 13.6. The molecule has 0 aliphatic carbocycles. The van der Waals surface area contributed by atoms with Crippen molar-refractivity contribution in [1.82, 2.24) is 4.90 Å². The molecule has 1 N–H and O–H groups in total. The van der Waals surface area contributed by atoms with E-state index in [-0.39, 0.29) is 18.3 Å². The largest absolute Gasteiger partial charge is 0.324 e. The van der Waals surface area contributed by atoms with E-state index in [1.165, 1.54) is 6.07 Å². The van der Waals surface area contributed by atoms with Gasteiger partial charge >= 0.3 is 0 Å². The third-order valence-corrected chi connectivity index (χ3v) is 3.56. The molecule has 1 amide bonds. The van der Waals surface area contributed by atoms with Crippen molar-refractivity contribution in [3.63, 3.8) is 0 Å². The molecule has 0 heterocycles. The third-order valence-electron chi connectivity index (χ3n) is 3.56. The lowest BCUT2D eigenvalue weighted by atomic mass is 10.1. The number of anilines is 1. The van der Waals surface area contributed by atoms with Gasteiger partial charge in [0.1, 0.15) is 5.82 Å². The van der Waals surface area contributed by atoms with Crippen LogP contribution in [-0.2, 0) is 11.3 Å². The Labute approximate surface area is 130 Å². The number of carbonyl (C=O) groups excluding carboxylic acids is 1. The van der Waals surface area contributed by atoms with Gasteiger partial charge in [-0.15, -0.1) is 0 Å². The van der Waals surface area contributed by atoms with Gasteiger partial charge in [-0.3, -0.25) is 9.69 Å². The van der Waals surface area contributed by atoms with Gasteiger partial charge < -0.3 is 5.32 Å². The number of amides is 1. The van der Waals surface area contributed by atoms with Crippen molar-refractivity contribution in [2.45, 2.75) is 20.4 Å². The van der Waals surface area contributed by atoms with Crippen LogP contribution in [0.5, 0.6) is 0 Å². The number of hydrogen-bond acceptors (Lipinski definition) is 2. The lowest BCUT2D eigenvalue weighted by Crippen LogP contribution is -2.30. The van der Waals surface area contributed by atoms with Crippen LogP contribution in [0, 0.1) is 19.7 Å². The van der Waals surface area contributed by atoms with Crippen molar-refractivity contribution in [2.75, 3.05) is 18.9 Å². The Hall–Kier alpha value is -2.20. The maximum atomic E-state index is 13.6. The van der Waals surface area contributed by atoms with Crippen LogP contribution in [0.1, 0.15) is 16.7 Å². The van der Waals surface area contributed by atoms with Crippen molar-refractivity contribution < 1.29 is 9.18 Å². The van der Waals surface area contributed by atoms with Crippen molar-refractivity contribution in [2.24, 2.45) is 0 Å². The van der Waals surface area contributed by atoms with E-state index in [2.05, 4.69) is 5.32 Å². The van der Waals surface area contributed by atoms with E-state index in [1.807, 2.05) is 32.0 Å². The summed E-state index contributed by atoms with van der Waals surface area (Å²) in [7, 11) is 1.80. The number of likely N-dealkylation sites (N-methyl/N-ethyl adjacent to an activating group) is 1. The topological polar surface area (TPSA) is 32.3 Å². The smallest absolute Gasteiger partial charge is 0.238 e. The first-order chi connectivity index (χ1) is 10.5. The number of carbonyl (C=O) groups is 1. The van der Waals surface area contributed by atoms with Gasteiger partial charge in [-0.1, -0.05) is 36.4 Å². The van der Waals surface area contributed by atoms with Crippen LogP contribution in [0.2, 0.25) is 0 Å². The van der Waals surface area contributed by atoms with Gasteiger partial charge in [-0.2, -0.15) is 0 Å². The summed E-state index contributed by atoms with van der Waals surface area (Å²) in [5, 5.41) is 2.94. The summed E-state index contributed by atoms with van der Waals surface area (Å²) in [6.45, 7) is 4.53. The summed E-state index contributed by atoms with van der Waals surface area (Å²) in [6.07, 6.45) is 0. The molecule has 0 saturated carbocycles. The molecule has 2 aromatic carbocycles. The zero-order valence-electron chi connectivity index (χ0n) is 13.2. The fourth-order valence-corrected chi connectivity index (χ4v) is 2.41. The van der Waals surface area contributed by atoms with Gasteiger partial charge in [0.05, 0.1) is 6.54 Å². The highest BCUT2D eigenvalue weighted by atomic mass is 19.1. The molecule has 22 heavy (non-hydrogen) atoms. The zero-order valence-corrected chi connectivity index (χ0v) is 13.2. The van der Waals surface area contributed by atoms with Crippen molar-refractivity contribution in [3.8, 4) is 0 Å². The molecule has 2 aromatic rings. The Morgan fingerprint density at radius 1 is 1.09 bits per heavy atom. The molecule has 0 spiro atoms. The van der Waals surface area contributed by atoms with Crippen LogP contribution in [0.15, 0.2) is 42.5 Å². The Morgan fingerprint density at radius 3 is 2.36 bits per heavy atom. The summed E-state index contributed by atoms with van der Waals surface area (Å²) >= 11 is 0. The fraction of sp³-hybridized carbons (Fsp3) is 0.278. The fourth-order valence-electron chi connectivity index (χ4n) is 2.41. The minimum Gasteiger partial charge on any atom is -0.324 e. The highest BCUT2D eigenvalue weighted by Crippen LogP contribution is 2.19. The molecule has 0 atom stereocenters. The van der Waals surface area contributed by atoms with Crippen LogP contribution in [0.3, 0.4) is 0 Å². The number of benzene rings is 2. The lowest BCUT2D eigenvalue weighted by Gasteiger charge is -2.18. The Kier molecular flexibility index (Phi) is 5.28. The van der Waals surface area contributed by atoms with Gasteiger partial charge in [-0.05, 0) is 38.1 Å². The molecule has 0 radical (unpaired) electrons. The molecule has 4 heteroatoms. The second-order valence-corrected chi connectivity index (χ2v) is 5.58. The van der Waals surface area contributed by atoms with E-state index >= 15 is 0 Å². The minimum absolute atomic E-state index is 0.101. The summed E-state index contributed by atoms with van der Waals surface area (Å²) in [6, 6.07) is 12.5. The van der Waals surface area contributed by atoms with Crippen LogP contribution >= 0.6 is 0 Å². The Bertz CT molecular complexity index is 650. The first kappa shape index (κ1) is 16.2. The summed E-state index contributed by atoms with van der Waals surface area (Å²) in [5.41, 5.74) is 3.51. The van der Waals surface area contributed by atoms with E-state index in [0.29, 0.717) is 12.1 Å². The number of nitrogens with zero attached hydrogens (tertiary/aromatic N) is 1. The second kappa shape index (κ2) is 7.18. The normalized spacial score (nSPS) is 10.8. The zero-order chi connectivity index (χ0) is 16.1. The number of para-hydroxylation sites is 1. The third kappa shape index (κ3) is 4.15. The maximum Gasteiger partial charge on any atom is 0.238 e. The highest BCUT2D eigenvalue weighted by Gasteiger charge is 2.11. The molecule has 2 rings (SSSR count). The molecule has 0 aliphatic heterocycles. The van der Waals surface area contributed by atoms with E-state index < -0.39 is 0 Å². The molecule has 0 aromatic heterocycles. The molecule has 0 bridgehead atoms. The van der Waals surface area contributed by atoms with Gasteiger partial charge in [0, 0.05) is 17.8 Å². The molecule has 3 nitrogen and oxygen atoms in total. The Balaban J connectivity index is 1.96. The Morgan fingerprint density at radius 2 is 1.73 bits per heavy atom. The van der Waals surface area contributed by atoms with Gasteiger partial charge in [0.2, 0.25) is 5.91 Å². The van der Waals surface area contributed by atoms with Crippen LogP contribution in [0.4, 0.5) is 10.1 Å². The van der Waals surface area contributed by atoms with E-state index in [0.717, 1.165) is 16.8 Å². The SMILES string of the molecule is Cc1cccc(C)c1NC(=O)CN(C)Cc1ccccc1F. The van der Waals surface area contributed by atoms with Crippen molar-refractivity contribution in [1.29, 1.82) is 0 Å². The number of halogens is 1. The average Bonchev–Trinajstić information content (AvgIpc) is 2.45. The lowest BCUT2D eigenvalue weighted by molar-refractivity contribution is -0.117. The van der Waals surface area contributed by atoms with Gasteiger partial charge in [-0.25, -0.2) is 4.39 Å². The standard InChI is InChI=1S/C18H21FN2O/c1-13-7-6-8-14(2)18(13)20-17(22)12-21(3)11-15-9-4-5-10-16(15)19/h4-10H,11-12H2,1-3H3,(H,20,22). The van der Waals surface area contributed by atoms with Crippen LogP contribution in [0.25, 0.3) is 0 Å². The van der Waals surface area contributed by atoms with E-state index in [1.54, 1.807) is 30.1 Å². The number of rotatable bonds is 5. The number of aryl methyl sites for hydroxylation is 2. The highest BCUT2D eigenvalue weighted by molar-refractivity contribution is 5.93. The summed E-state index contributed by atoms with van der Waals surface area (Å²) in [4.78, 5) is 13.9. The molecular formula is C18H21FN2O. The first-order valence-corrected chi connectivity index (χ1v) is 7.25. The average molecular weight is 300 g/mol. The van der Waals surface area contributed by atoms with Gasteiger partial charge in [0.15, 0.2) is 0 Å². The first-order valence-electron chi connectivity index (χ1n) is 7.25. The summed E-state index contributed by atoms with van der Waals surface area (Å²) in [5.74, 6) is -0.347. The molecule has 0 fully saturated rings. The molecular weight excluding hydrogens is 279 g/mol.